The van der Waals surface area contributed by atoms with Crippen LogP contribution in [0.1, 0.15) is 37.3 Å². The molecule has 0 aromatic carbocycles. The average molecular weight is 278 g/mol. The molecular formula is C13H18N4O3. The lowest BCUT2D eigenvalue weighted by Crippen LogP contribution is -2.17. The highest BCUT2D eigenvalue weighted by atomic mass is 16.6. The van der Waals surface area contributed by atoms with Crippen molar-refractivity contribution in [3.63, 3.8) is 0 Å². The third-order valence-electron chi connectivity index (χ3n) is 3.12. The summed E-state index contributed by atoms with van der Waals surface area (Å²) >= 11 is 0. The van der Waals surface area contributed by atoms with Gasteiger partial charge in [0.2, 0.25) is 0 Å². The number of carbonyl (C=O) groups excluding carboxylic acids is 1. The predicted octanol–water partition coefficient (Wildman–Crippen LogP) is 1.11. The van der Waals surface area contributed by atoms with E-state index < -0.39 is 0 Å². The first kappa shape index (κ1) is 14.3. The molecule has 1 aromatic heterocycles. The Hall–Kier alpha value is -2.15. The minimum Gasteiger partial charge on any atom is -0.463 e. The Morgan fingerprint density at radius 3 is 3.15 bits per heavy atom. The van der Waals surface area contributed by atoms with Crippen LogP contribution in [-0.4, -0.2) is 35.8 Å². The third-order valence-corrected chi connectivity index (χ3v) is 3.12. The topological polar surface area (TPSA) is 114 Å². The van der Waals surface area contributed by atoms with Gasteiger partial charge in [0.05, 0.1) is 17.9 Å². The van der Waals surface area contributed by atoms with Crippen molar-refractivity contribution < 1.29 is 14.3 Å². The van der Waals surface area contributed by atoms with Crippen molar-refractivity contribution in [1.29, 1.82) is 5.41 Å². The lowest BCUT2D eigenvalue weighted by Gasteiger charge is -2.12. The summed E-state index contributed by atoms with van der Waals surface area (Å²) in [6.45, 7) is 1.67. The highest BCUT2D eigenvalue weighted by Gasteiger charge is 2.28. The normalized spacial score (nSPS) is 22.8. The van der Waals surface area contributed by atoms with Gasteiger partial charge >= 0.3 is 5.97 Å². The Morgan fingerprint density at radius 2 is 2.45 bits per heavy atom. The molecule has 4 N–H and O–H groups in total. The second kappa shape index (κ2) is 6.33. The SMILES string of the molecule is CC(=O)OCC1CCC(c2ccc(C(N)=NC=N)[nH]2)O1. The van der Waals surface area contributed by atoms with Crippen molar-refractivity contribution in [3.05, 3.63) is 23.5 Å². The van der Waals surface area contributed by atoms with Crippen LogP contribution in [0.4, 0.5) is 0 Å². The number of aromatic nitrogens is 1. The fraction of sp³-hybridized carbons (Fsp3) is 0.462. The van der Waals surface area contributed by atoms with Gasteiger partial charge in [0.1, 0.15) is 18.8 Å². The van der Waals surface area contributed by atoms with E-state index in [9.17, 15) is 4.79 Å². The van der Waals surface area contributed by atoms with Crippen molar-refractivity contribution in [1.82, 2.24) is 4.98 Å². The van der Waals surface area contributed by atoms with Gasteiger partial charge in [-0.1, -0.05) is 0 Å². The highest BCUT2D eigenvalue weighted by molar-refractivity contribution is 5.99. The molecule has 0 saturated carbocycles. The van der Waals surface area contributed by atoms with E-state index in [2.05, 4.69) is 9.98 Å². The van der Waals surface area contributed by atoms with Crippen molar-refractivity contribution in [3.8, 4) is 0 Å². The number of nitrogens with two attached hydrogens (primary N) is 1. The number of hydrogen-bond donors (Lipinski definition) is 3. The average Bonchev–Trinajstić information content (AvgIpc) is 3.05. The molecule has 0 amide bonds. The molecule has 0 spiro atoms. The number of carbonyl (C=O) groups is 1. The van der Waals surface area contributed by atoms with Gasteiger partial charge in [0.15, 0.2) is 0 Å². The molecule has 1 aromatic rings. The van der Waals surface area contributed by atoms with Gasteiger partial charge in [-0.25, -0.2) is 4.99 Å². The van der Waals surface area contributed by atoms with Gasteiger partial charge in [-0.3, -0.25) is 10.2 Å². The first-order chi connectivity index (χ1) is 9.60. The zero-order valence-electron chi connectivity index (χ0n) is 11.3. The first-order valence-electron chi connectivity index (χ1n) is 6.40. The molecule has 0 bridgehead atoms. The van der Waals surface area contributed by atoms with Crippen LogP contribution in [0, 0.1) is 5.41 Å². The molecule has 7 heteroatoms. The standard InChI is InChI=1S/C13H18N4O3/c1-8(18)19-6-9-2-5-12(20-9)10-3-4-11(17-10)13(15)16-7-14/h3-4,7,9,12,17H,2,5-6H2,1H3,(H3,14,15,16). The number of amidine groups is 1. The number of ether oxygens (including phenoxy) is 2. The van der Waals surface area contributed by atoms with Crippen molar-refractivity contribution in [2.45, 2.75) is 32.0 Å². The van der Waals surface area contributed by atoms with Crippen LogP contribution in [0.3, 0.4) is 0 Å². The van der Waals surface area contributed by atoms with Gasteiger partial charge < -0.3 is 20.2 Å². The van der Waals surface area contributed by atoms with Gasteiger partial charge in [-0.15, -0.1) is 0 Å². The Labute approximate surface area is 116 Å². The molecule has 0 radical (unpaired) electrons. The van der Waals surface area contributed by atoms with E-state index in [1.807, 2.05) is 6.07 Å². The maximum absolute atomic E-state index is 10.8. The van der Waals surface area contributed by atoms with Crippen LogP contribution >= 0.6 is 0 Å². The van der Waals surface area contributed by atoms with E-state index in [0.29, 0.717) is 5.69 Å². The fourth-order valence-corrected chi connectivity index (χ4v) is 2.16. The molecule has 1 saturated heterocycles. The lowest BCUT2D eigenvalue weighted by molar-refractivity contribution is -0.145. The third kappa shape index (κ3) is 3.45. The maximum Gasteiger partial charge on any atom is 0.302 e. The zero-order valence-corrected chi connectivity index (χ0v) is 11.3. The number of H-pyrrole nitrogens is 1. The van der Waals surface area contributed by atoms with Crippen molar-refractivity contribution >= 4 is 18.1 Å². The molecule has 2 unspecified atom stereocenters. The van der Waals surface area contributed by atoms with Crippen molar-refractivity contribution in [2.24, 2.45) is 10.7 Å². The number of aliphatic imine (C=N–C) groups is 1. The summed E-state index contributed by atoms with van der Waals surface area (Å²) in [6.07, 6.45) is 2.47. The summed E-state index contributed by atoms with van der Waals surface area (Å²) < 4.78 is 10.8. The Balaban J connectivity index is 1.95. The number of esters is 1. The summed E-state index contributed by atoms with van der Waals surface area (Å²) in [6, 6.07) is 3.70. The van der Waals surface area contributed by atoms with E-state index in [1.165, 1.54) is 6.92 Å². The second-order valence-corrected chi connectivity index (χ2v) is 4.60. The molecule has 7 nitrogen and oxygen atoms in total. The summed E-state index contributed by atoms with van der Waals surface area (Å²) in [5.74, 6) is -0.0319. The largest absolute Gasteiger partial charge is 0.463 e. The number of aromatic amines is 1. The summed E-state index contributed by atoms with van der Waals surface area (Å²) in [5, 5.41) is 6.89. The van der Waals surface area contributed by atoms with Gasteiger partial charge in [0, 0.05) is 12.6 Å². The predicted molar refractivity (Wildman–Crippen MR) is 73.8 cm³/mol. The van der Waals surface area contributed by atoms with Crippen LogP contribution in [-0.2, 0) is 14.3 Å². The minimum absolute atomic E-state index is 0.0583. The van der Waals surface area contributed by atoms with Crippen LogP contribution in [0.2, 0.25) is 0 Å². The molecular weight excluding hydrogens is 260 g/mol. The summed E-state index contributed by atoms with van der Waals surface area (Å²) in [4.78, 5) is 17.6. The Bertz CT molecular complexity index is 523. The molecule has 2 heterocycles. The van der Waals surface area contributed by atoms with E-state index >= 15 is 0 Å². The fourth-order valence-electron chi connectivity index (χ4n) is 2.16. The van der Waals surface area contributed by atoms with Crippen LogP contribution in [0.25, 0.3) is 0 Å². The smallest absolute Gasteiger partial charge is 0.302 e. The second-order valence-electron chi connectivity index (χ2n) is 4.60. The Morgan fingerprint density at radius 1 is 1.65 bits per heavy atom. The van der Waals surface area contributed by atoms with Crippen LogP contribution < -0.4 is 5.73 Å². The summed E-state index contributed by atoms with van der Waals surface area (Å²) in [7, 11) is 0. The monoisotopic (exact) mass is 278 g/mol. The molecule has 1 fully saturated rings. The Kier molecular flexibility index (Phi) is 4.52. The lowest BCUT2D eigenvalue weighted by atomic mass is 10.1. The number of hydrogen-bond acceptors (Lipinski definition) is 4. The molecule has 108 valence electrons. The van der Waals surface area contributed by atoms with E-state index in [4.69, 9.17) is 20.6 Å². The van der Waals surface area contributed by atoms with Gasteiger partial charge in [-0.2, -0.15) is 0 Å². The maximum atomic E-state index is 10.8. The number of nitrogens with one attached hydrogen (secondary N) is 2. The molecule has 0 aliphatic carbocycles. The van der Waals surface area contributed by atoms with Crippen LogP contribution in [0.15, 0.2) is 17.1 Å². The molecule has 1 aliphatic heterocycles. The van der Waals surface area contributed by atoms with Gasteiger partial charge in [0.25, 0.3) is 0 Å². The van der Waals surface area contributed by atoms with E-state index in [1.54, 1.807) is 6.07 Å². The zero-order chi connectivity index (χ0) is 14.5. The first-order valence-corrected chi connectivity index (χ1v) is 6.40. The van der Waals surface area contributed by atoms with E-state index in [0.717, 1.165) is 24.9 Å². The van der Waals surface area contributed by atoms with Crippen molar-refractivity contribution in [2.75, 3.05) is 6.61 Å². The minimum atomic E-state index is -0.296. The molecule has 2 rings (SSSR count). The number of rotatable bonds is 5. The van der Waals surface area contributed by atoms with Gasteiger partial charge in [-0.05, 0) is 25.0 Å². The molecule has 20 heavy (non-hydrogen) atoms. The number of nitrogens with zero attached hydrogens (tertiary/aromatic N) is 1. The quantitative estimate of drug-likeness (QED) is 0.425. The summed E-state index contributed by atoms with van der Waals surface area (Å²) in [5.41, 5.74) is 7.27. The van der Waals surface area contributed by atoms with Crippen LogP contribution in [0.5, 0.6) is 0 Å². The highest BCUT2D eigenvalue weighted by Crippen LogP contribution is 2.32. The molecule has 2 atom stereocenters. The van der Waals surface area contributed by atoms with E-state index in [-0.39, 0.29) is 30.6 Å². The molecule has 1 aliphatic rings.